The minimum absolute atomic E-state index is 0.0190. The molecule has 2 fully saturated rings. The first-order chi connectivity index (χ1) is 15.5. The maximum absolute atomic E-state index is 13.4. The molecular weight excluding hydrogens is 407 g/mol. The van der Waals surface area contributed by atoms with Crippen LogP contribution in [0.25, 0.3) is 11.3 Å². The number of pyridine rings is 1. The lowest BCUT2D eigenvalue weighted by Gasteiger charge is -2.36. The Hall–Kier alpha value is -2.80. The van der Waals surface area contributed by atoms with Gasteiger partial charge in [0.1, 0.15) is 5.82 Å². The fourth-order valence-corrected chi connectivity index (χ4v) is 4.82. The van der Waals surface area contributed by atoms with E-state index in [0.717, 1.165) is 45.2 Å². The summed E-state index contributed by atoms with van der Waals surface area (Å²) in [6.45, 7) is 1.91. The van der Waals surface area contributed by atoms with Gasteiger partial charge in [-0.3, -0.25) is 14.6 Å². The molecule has 1 saturated heterocycles. The fourth-order valence-electron chi connectivity index (χ4n) is 4.82. The van der Waals surface area contributed by atoms with Crippen LogP contribution in [0.5, 0.6) is 0 Å². The van der Waals surface area contributed by atoms with E-state index in [9.17, 15) is 14.0 Å². The smallest absolute Gasteiger partial charge is 0.253 e. The van der Waals surface area contributed by atoms with Crippen LogP contribution in [0.2, 0.25) is 0 Å². The Labute approximate surface area is 188 Å². The van der Waals surface area contributed by atoms with Crippen LogP contribution in [-0.2, 0) is 4.79 Å². The van der Waals surface area contributed by atoms with Gasteiger partial charge in [0.25, 0.3) is 5.91 Å². The van der Waals surface area contributed by atoms with Gasteiger partial charge in [0.15, 0.2) is 0 Å². The molecule has 0 spiro atoms. The number of halogens is 1. The van der Waals surface area contributed by atoms with E-state index in [1.54, 1.807) is 24.3 Å². The second kappa shape index (κ2) is 10.2. The monoisotopic (exact) mass is 438 g/mol. The second-order valence-corrected chi connectivity index (χ2v) is 8.91. The number of nitrogens with zero attached hydrogens (tertiary/aromatic N) is 2. The van der Waals surface area contributed by atoms with Crippen LogP contribution < -0.4 is 10.6 Å². The van der Waals surface area contributed by atoms with E-state index in [-0.39, 0.29) is 29.6 Å². The van der Waals surface area contributed by atoms with Gasteiger partial charge in [0.2, 0.25) is 5.91 Å². The van der Waals surface area contributed by atoms with Crippen LogP contribution in [0.1, 0.15) is 48.9 Å². The number of carbonyl (C=O) groups is 2. The topological polar surface area (TPSA) is 74.3 Å². The van der Waals surface area contributed by atoms with Gasteiger partial charge in [0.05, 0.1) is 11.3 Å². The lowest BCUT2D eigenvalue weighted by atomic mass is 9.84. The van der Waals surface area contributed by atoms with E-state index >= 15 is 0 Å². The van der Waals surface area contributed by atoms with Crippen molar-refractivity contribution in [2.45, 2.75) is 50.6 Å². The number of nitrogens with one attached hydrogen (secondary N) is 2. The van der Waals surface area contributed by atoms with Crippen molar-refractivity contribution in [3.8, 4) is 11.3 Å². The van der Waals surface area contributed by atoms with Gasteiger partial charge in [0, 0.05) is 36.8 Å². The number of hydrogen-bond acceptors (Lipinski definition) is 4. The van der Waals surface area contributed by atoms with Crippen LogP contribution in [0.3, 0.4) is 0 Å². The number of rotatable bonds is 5. The molecule has 0 bridgehead atoms. The number of carbonyl (C=O) groups excluding carboxylic acids is 2. The van der Waals surface area contributed by atoms with Gasteiger partial charge >= 0.3 is 0 Å². The third-order valence-corrected chi connectivity index (χ3v) is 6.71. The van der Waals surface area contributed by atoms with E-state index in [1.807, 2.05) is 11.9 Å². The first kappa shape index (κ1) is 22.4. The van der Waals surface area contributed by atoms with E-state index in [2.05, 4.69) is 15.6 Å². The summed E-state index contributed by atoms with van der Waals surface area (Å²) in [5, 5.41) is 6.43. The molecule has 1 aliphatic carbocycles. The highest BCUT2D eigenvalue weighted by Crippen LogP contribution is 2.27. The number of piperidine rings is 1. The van der Waals surface area contributed by atoms with Crippen molar-refractivity contribution in [1.29, 1.82) is 0 Å². The zero-order chi connectivity index (χ0) is 22.5. The van der Waals surface area contributed by atoms with Gasteiger partial charge in [-0.1, -0.05) is 18.6 Å². The van der Waals surface area contributed by atoms with Crippen molar-refractivity contribution in [2.75, 3.05) is 20.1 Å². The third-order valence-electron chi connectivity index (χ3n) is 6.71. The lowest BCUT2D eigenvalue weighted by Crippen LogP contribution is -2.48. The van der Waals surface area contributed by atoms with Gasteiger partial charge in [-0.15, -0.1) is 0 Å². The third kappa shape index (κ3) is 5.33. The van der Waals surface area contributed by atoms with Crippen molar-refractivity contribution in [1.82, 2.24) is 20.5 Å². The highest BCUT2D eigenvalue weighted by atomic mass is 19.1. The summed E-state index contributed by atoms with van der Waals surface area (Å²) in [7, 11) is 1.92. The summed E-state index contributed by atoms with van der Waals surface area (Å²) in [5.41, 5.74) is 1.75. The number of hydrogen-bond donors (Lipinski definition) is 2. The van der Waals surface area contributed by atoms with E-state index in [0.29, 0.717) is 29.3 Å². The van der Waals surface area contributed by atoms with E-state index < -0.39 is 0 Å². The summed E-state index contributed by atoms with van der Waals surface area (Å²) >= 11 is 0. The Kier molecular flexibility index (Phi) is 7.15. The molecule has 2 aliphatic rings. The quantitative estimate of drug-likeness (QED) is 0.751. The number of aromatic nitrogens is 1. The Morgan fingerprint density at radius 2 is 1.94 bits per heavy atom. The van der Waals surface area contributed by atoms with Crippen LogP contribution in [0.15, 0.2) is 42.6 Å². The first-order valence-corrected chi connectivity index (χ1v) is 11.5. The lowest BCUT2D eigenvalue weighted by molar-refractivity contribution is -0.138. The molecule has 2 aromatic rings. The van der Waals surface area contributed by atoms with Gasteiger partial charge in [-0.25, -0.2) is 4.39 Å². The molecular formula is C25H31FN4O2. The summed E-state index contributed by atoms with van der Waals surface area (Å²) in [4.78, 5) is 32.1. The van der Waals surface area contributed by atoms with E-state index in [1.165, 1.54) is 18.3 Å². The standard InChI is InChI=1S/C25H31FN4O2/c1-30(22-10-12-27-13-11-22)25(32)18-5-3-7-21(15-18)29-24(31)19-8-9-23(28-16-19)17-4-2-6-20(26)14-17/h2,4,6,8-9,14,16,18,21-22,27H,3,5,7,10-13,15H2,1H3,(H,29,31)/t18-,21+/m1/s1. The number of benzene rings is 1. The largest absolute Gasteiger partial charge is 0.349 e. The Bertz CT molecular complexity index is 943. The average Bonchev–Trinajstić information content (AvgIpc) is 2.84. The molecule has 1 aliphatic heterocycles. The van der Waals surface area contributed by atoms with Gasteiger partial charge in [-0.2, -0.15) is 0 Å². The molecule has 0 radical (unpaired) electrons. The highest BCUT2D eigenvalue weighted by molar-refractivity contribution is 5.94. The Balaban J connectivity index is 1.34. The molecule has 4 rings (SSSR count). The maximum Gasteiger partial charge on any atom is 0.253 e. The fraction of sp³-hybridized carbons (Fsp3) is 0.480. The second-order valence-electron chi connectivity index (χ2n) is 8.91. The molecule has 6 nitrogen and oxygen atoms in total. The predicted molar refractivity (Wildman–Crippen MR) is 122 cm³/mol. The average molecular weight is 439 g/mol. The van der Waals surface area contributed by atoms with Crippen molar-refractivity contribution in [3.63, 3.8) is 0 Å². The summed E-state index contributed by atoms with van der Waals surface area (Å²) in [6.07, 6.45) is 6.87. The maximum atomic E-state index is 13.4. The summed E-state index contributed by atoms with van der Waals surface area (Å²) in [6, 6.07) is 9.95. The molecule has 2 amide bonds. The Morgan fingerprint density at radius 3 is 2.66 bits per heavy atom. The van der Waals surface area contributed by atoms with Crippen molar-refractivity contribution in [2.24, 2.45) is 5.92 Å². The van der Waals surface area contributed by atoms with Gasteiger partial charge in [-0.05, 0) is 69.5 Å². The molecule has 170 valence electrons. The van der Waals surface area contributed by atoms with Crippen molar-refractivity contribution < 1.29 is 14.0 Å². The SMILES string of the molecule is CN(C(=O)[C@@H]1CCC[C@H](NC(=O)c2ccc(-c3cccc(F)c3)nc2)C1)C1CCNCC1. The molecule has 7 heteroatoms. The Morgan fingerprint density at radius 1 is 1.12 bits per heavy atom. The molecule has 1 aromatic carbocycles. The van der Waals surface area contributed by atoms with Crippen LogP contribution in [0.4, 0.5) is 4.39 Å². The normalized spacial score (nSPS) is 21.7. The van der Waals surface area contributed by atoms with E-state index in [4.69, 9.17) is 0 Å². The zero-order valence-electron chi connectivity index (χ0n) is 18.5. The molecule has 2 heterocycles. The molecule has 2 N–H and O–H groups in total. The van der Waals surface area contributed by atoms with Crippen molar-refractivity contribution in [3.05, 3.63) is 54.0 Å². The molecule has 0 unspecified atom stereocenters. The first-order valence-electron chi connectivity index (χ1n) is 11.5. The van der Waals surface area contributed by atoms with Crippen LogP contribution >= 0.6 is 0 Å². The number of amides is 2. The highest BCUT2D eigenvalue weighted by Gasteiger charge is 2.32. The molecule has 1 aromatic heterocycles. The van der Waals surface area contributed by atoms with Gasteiger partial charge < -0.3 is 15.5 Å². The minimum atomic E-state index is -0.321. The van der Waals surface area contributed by atoms with Crippen LogP contribution in [0, 0.1) is 11.7 Å². The minimum Gasteiger partial charge on any atom is -0.349 e. The summed E-state index contributed by atoms with van der Waals surface area (Å²) < 4.78 is 13.4. The zero-order valence-corrected chi connectivity index (χ0v) is 18.5. The van der Waals surface area contributed by atoms with Crippen LogP contribution in [-0.4, -0.2) is 53.9 Å². The molecule has 1 saturated carbocycles. The summed E-state index contributed by atoms with van der Waals surface area (Å²) in [5.74, 6) is -0.342. The molecule has 2 atom stereocenters. The van der Waals surface area contributed by atoms with Crippen molar-refractivity contribution >= 4 is 11.8 Å². The molecule has 32 heavy (non-hydrogen) atoms. The predicted octanol–water partition coefficient (Wildman–Crippen LogP) is 3.39.